The molecule has 15 heteroatoms. The quantitative estimate of drug-likeness (QED) is 0.0604. The van der Waals surface area contributed by atoms with Crippen molar-refractivity contribution >= 4 is 40.3 Å². The summed E-state index contributed by atoms with van der Waals surface area (Å²) in [5.74, 6) is -8.33. The summed E-state index contributed by atoms with van der Waals surface area (Å²) in [6, 6.07) is 0.0702. The number of ether oxygens (including phenoxy) is 4. The molecule has 3 aliphatic heterocycles. The third kappa shape index (κ3) is 9.07. The maximum absolute atomic E-state index is 14.4. The summed E-state index contributed by atoms with van der Waals surface area (Å²) in [4.78, 5) is 40.5. The highest BCUT2D eigenvalue weighted by Crippen LogP contribution is 2.55. The van der Waals surface area contributed by atoms with Crippen molar-refractivity contribution in [1.29, 1.82) is 0 Å². The number of esters is 1. The number of carbonyl (C=O) groups excluding carboxylic acids is 3. The highest BCUT2D eigenvalue weighted by molar-refractivity contribution is 6.23. The number of amides is 1. The number of phenols is 3. The zero-order valence-electron chi connectivity index (χ0n) is 35.2. The molecule has 9 unspecified atom stereocenters. The molecule has 7 N–H and O–H groups in total. The molecular formula is C44H59N3O12. The van der Waals surface area contributed by atoms with Gasteiger partial charge in [0.05, 0.1) is 53.0 Å². The lowest BCUT2D eigenvalue weighted by molar-refractivity contribution is -0.160. The number of allylic oxidation sites excluding steroid dienone is 2. The molecule has 59 heavy (non-hydrogen) atoms. The van der Waals surface area contributed by atoms with Crippen LogP contribution in [0.4, 0.5) is 5.69 Å². The molecule has 9 atom stereocenters. The molecule has 4 aliphatic rings. The Labute approximate surface area is 344 Å². The van der Waals surface area contributed by atoms with Gasteiger partial charge in [-0.1, -0.05) is 65.2 Å². The minimum absolute atomic E-state index is 0.0574. The first-order valence-corrected chi connectivity index (χ1v) is 20.2. The van der Waals surface area contributed by atoms with Crippen molar-refractivity contribution in [1.82, 2.24) is 5.43 Å². The number of phenolic OH excluding ortho intramolecular Hbond substituents is 3. The monoisotopic (exact) mass is 821 g/mol. The van der Waals surface area contributed by atoms with Crippen molar-refractivity contribution in [3.8, 4) is 23.0 Å². The largest absolute Gasteiger partial charge is 0.507 e. The number of hydrogen-bond acceptors (Lipinski definition) is 14. The molecule has 0 saturated heterocycles. The van der Waals surface area contributed by atoms with Crippen molar-refractivity contribution in [3.05, 3.63) is 52.8 Å². The lowest BCUT2D eigenvalue weighted by Gasteiger charge is -2.38. The van der Waals surface area contributed by atoms with Crippen LogP contribution in [0.1, 0.15) is 102 Å². The summed E-state index contributed by atoms with van der Waals surface area (Å²) in [7, 11) is 1.44. The Morgan fingerprint density at radius 1 is 0.949 bits per heavy atom. The number of Topliss-reactive ketones (excluding diaryl/α,β-unsaturated/α-hetero) is 1. The average molecular weight is 822 g/mol. The molecule has 2 aromatic rings. The number of hydrogen-bond donors (Lipinski definition) is 7. The van der Waals surface area contributed by atoms with E-state index in [1.54, 1.807) is 39.8 Å². The van der Waals surface area contributed by atoms with Crippen LogP contribution in [0.15, 0.2) is 41.2 Å². The maximum atomic E-state index is 14.4. The predicted octanol–water partition coefficient (Wildman–Crippen LogP) is 6.01. The van der Waals surface area contributed by atoms with Crippen LogP contribution in [-0.2, 0) is 23.8 Å². The number of ketones is 1. The molecule has 1 amide bonds. The number of aromatic hydroxyl groups is 3. The van der Waals surface area contributed by atoms with E-state index >= 15 is 0 Å². The number of benzene rings is 2. The van der Waals surface area contributed by atoms with E-state index in [4.69, 9.17) is 18.9 Å². The standard InChI is InChI=1S/C44H59N3O12/c1-21-14-13-15-22(2)43(55)46-34-29(20-45-47-28-16-11-10-12-17-28)38(52)31-32(39(34)53)37(51)26(6)41-33(31)42(54)44(8,59-41)57-19-18-30(56-9)23(3)40(58-27(7)48)25(5)36(50)24(4)35(21)49/h13-15,18-21,23-25,28,30,35-36,40,47,49-53H,10-12,16-17H2,1-9H3,(H,46,55)/b14-13?,19-18?,22-15?,45-20+. The molecule has 3 heterocycles. The zero-order valence-corrected chi connectivity index (χ0v) is 35.2. The van der Waals surface area contributed by atoms with Crippen molar-refractivity contribution in [2.75, 3.05) is 12.4 Å². The number of nitrogens with one attached hydrogen (secondary N) is 2. The Hall–Kier alpha value is -5.12. The van der Waals surface area contributed by atoms with Gasteiger partial charge in [0.15, 0.2) is 5.75 Å². The Morgan fingerprint density at radius 2 is 1.63 bits per heavy atom. The maximum Gasteiger partial charge on any atom is 0.312 e. The summed E-state index contributed by atoms with van der Waals surface area (Å²) in [5.41, 5.74) is 2.73. The molecule has 1 fully saturated rings. The second kappa shape index (κ2) is 18.4. The minimum atomic E-state index is -2.04. The predicted molar refractivity (Wildman–Crippen MR) is 221 cm³/mol. The fraction of sp³-hybridized carbons (Fsp3) is 0.545. The van der Waals surface area contributed by atoms with Gasteiger partial charge in [0, 0.05) is 67.2 Å². The first kappa shape index (κ1) is 45.0. The third-order valence-electron chi connectivity index (χ3n) is 12.1. The number of aliphatic hydroxyl groups excluding tert-OH is 2. The first-order chi connectivity index (χ1) is 27.8. The number of hydrazone groups is 1. The summed E-state index contributed by atoms with van der Waals surface area (Å²) < 4.78 is 23.6. The summed E-state index contributed by atoms with van der Waals surface area (Å²) in [5, 5.41) is 64.8. The molecule has 6 rings (SSSR count). The molecule has 0 radical (unpaired) electrons. The SMILES string of the molecule is COC1C=COC2(C)Oc3c(C)c(O)c4c(O)c(c(/C=N/NC5CCCCC5)c(O)c4c3C2=O)NC(=O)C(C)=CC=CC(C)C(O)C(C)C(O)C(C)C(OC(C)=O)C1C. The van der Waals surface area contributed by atoms with Gasteiger partial charge in [-0.3, -0.25) is 14.4 Å². The van der Waals surface area contributed by atoms with Crippen LogP contribution >= 0.6 is 0 Å². The smallest absolute Gasteiger partial charge is 0.312 e. The highest BCUT2D eigenvalue weighted by atomic mass is 16.7. The van der Waals surface area contributed by atoms with Crippen molar-refractivity contribution < 1.29 is 58.9 Å². The van der Waals surface area contributed by atoms with E-state index in [-0.39, 0.29) is 50.5 Å². The summed E-state index contributed by atoms with van der Waals surface area (Å²) in [6.07, 6.45) is 9.77. The number of nitrogens with zero attached hydrogens (tertiary/aromatic N) is 1. The number of carbonyl (C=O) groups is 3. The van der Waals surface area contributed by atoms with Gasteiger partial charge in [0.2, 0.25) is 0 Å². The normalized spacial score (nSPS) is 30.0. The van der Waals surface area contributed by atoms with Crippen molar-refractivity contribution in [2.24, 2.45) is 28.8 Å². The van der Waals surface area contributed by atoms with E-state index < -0.39 is 88.8 Å². The van der Waals surface area contributed by atoms with Gasteiger partial charge in [-0.25, -0.2) is 0 Å². The number of fused-ring (bicyclic) bond motifs is 14. The van der Waals surface area contributed by atoms with Crippen LogP contribution in [0.2, 0.25) is 0 Å². The van der Waals surface area contributed by atoms with Crippen LogP contribution in [-0.4, -0.2) is 92.8 Å². The summed E-state index contributed by atoms with van der Waals surface area (Å²) in [6.45, 7) is 12.5. The second-order valence-corrected chi connectivity index (χ2v) is 16.3. The van der Waals surface area contributed by atoms with E-state index in [0.717, 1.165) is 32.1 Å². The summed E-state index contributed by atoms with van der Waals surface area (Å²) >= 11 is 0. The van der Waals surface area contributed by atoms with E-state index in [1.807, 2.05) is 0 Å². The van der Waals surface area contributed by atoms with Gasteiger partial charge >= 0.3 is 11.8 Å². The van der Waals surface area contributed by atoms with Crippen LogP contribution in [0.25, 0.3) is 10.8 Å². The molecule has 15 nitrogen and oxygen atoms in total. The topological polar surface area (TPSA) is 226 Å². The Kier molecular flexibility index (Phi) is 14.0. The minimum Gasteiger partial charge on any atom is -0.507 e. The molecule has 322 valence electrons. The number of aliphatic hydroxyl groups is 2. The zero-order chi connectivity index (χ0) is 43.5. The molecule has 2 aromatic carbocycles. The Bertz CT molecular complexity index is 2050. The highest BCUT2D eigenvalue weighted by Gasteiger charge is 2.50. The van der Waals surface area contributed by atoms with Crippen LogP contribution in [0.3, 0.4) is 0 Å². The fourth-order valence-electron chi connectivity index (χ4n) is 8.31. The van der Waals surface area contributed by atoms with Crippen LogP contribution in [0.5, 0.6) is 23.0 Å². The van der Waals surface area contributed by atoms with Crippen molar-refractivity contribution in [2.45, 2.75) is 124 Å². The number of methoxy groups -OCH3 is 1. The van der Waals surface area contributed by atoms with Gasteiger partial charge in [-0.2, -0.15) is 5.10 Å². The van der Waals surface area contributed by atoms with E-state index in [2.05, 4.69) is 15.8 Å². The molecular weight excluding hydrogens is 762 g/mol. The van der Waals surface area contributed by atoms with Gasteiger partial charge in [0.25, 0.3) is 11.7 Å². The van der Waals surface area contributed by atoms with Crippen LogP contribution < -0.4 is 15.5 Å². The van der Waals surface area contributed by atoms with Crippen LogP contribution in [0, 0.1) is 30.6 Å². The lowest BCUT2D eigenvalue weighted by atomic mass is 9.78. The van der Waals surface area contributed by atoms with Crippen molar-refractivity contribution in [3.63, 3.8) is 0 Å². The Morgan fingerprint density at radius 3 is 2.27 bits per heavy atom. The van der Waals surface area contributed by atoms with Gasteiger partial charge in [-0.05, 0) is 32.8 Å². The molecule has 0 spiro atoms. The third-order valence-corrected chi connectivity index (χ3v) is 12.1. The van der Waals surface area contributed by atoms with E-state index in [9.17, 15) is 39.9 Å². The molecule has 0 aromatic heterocycles. The molecule has 5 bridgehead atoms. The average Bonchev–Trinajstić information content (AvgIpc) is 3.47. The van der Waals surface area contributed by atoms with E-state index in [0.29, 0.717) is 0 Å². The number of anilines is 1. The first-order valence-electron chi connectivity index (χ1n) is 20.2. The molecule has 1 saturated carbocycles. The van der Waals surface area contributed by atoms with Gasteiger partial charge < -0.3 is 55.2 Å². The van der Waals surface area contributed by atoms with E-state index in [1.165, 1.54) is 59.4 Å². The second-order valence-electron chi connectivity index (χ2n) is 16.3. The number of rotatable bonds is 5. The fourth-order valence-corrected chi connectivity index (χ4v) is 8.31. The molecule has 1 aliphatic carbocycles. The Balaban J connectivity index is 1.69. The van der Waals surface area contributed by atoms with Gasteiger partial charge in [0.1, 0.15) is 23.4 Å². The van der Waals surface area contributed by atoms with Gasteiger partial charge in [-0.15, -0.1) is 0 Å². The lowest BCUT2D eigenvalue weighted by Crippen LogP contribution is -2.46.